The van der Waals surface area contributed by atoms with Crippen LogP contribution in [0, 0.1) is 13.8 Å². The van der Waals surface area contributed by atoms with E-state index < -0.39 is 0 Å². The molecule has 0 aliphatic carbocycles. The van der Waals surface area contributed by atoms with Crippen molar-refractivity contribution in [2.24, 2.45) is 0 Å². The van der Waals surface area contributed by atoms with Crippen LogP contribution in [-0.2, 0) is 6.42 Å². The van der Waals surface area contributed by atoms with Gasteiger partial charge in [-0.2, -0.15) is 5.10 Å². The summed E-state index contributed by atoms with van der Waals surface area (Å²) >= 11 is 7.48. The van der Waals surface area contributed by atoms with Crippen molar-refractivity contribution in [1.82, 2.24) is 14.8 Å². The van der Waals surface area contributed by atoms with Crippen molar-refractivity contribution in [3.05, 3.63) is 56.6 Å². The largest absolute Gasteiger partial charge is 0.306 e. The van der Waals surface area contributed by atoms with Crippen molar-refractivity contribution in [1.29, 1.82) is 0 Å². The van der Waals surface area contributed by atoms with Gasteiger partial charge in [-0.1, -0.05) is 24.6 Å². The summed E-state index contributed by atoms with van der Waals surface area (Å²) in [6.07, 6.45) is 0.818. The molecule has 0 spiro atoms. The van der Waals surface area contributed by atoms with Gasteiger partial charge in [0, 0.05) is 11.1 Å². The van der Waals surface area contributed by atoms with Gasteiger partial charge in [0.1, 0.15) is 10.7 Å². The van der Waals surface area contributed by atoms with E-state index in [-0.39, 0.29) is 5.91 Å². The number of nitrogens with zero attached hydrogens (tertiary/aromatic N) is 3. The van der Waals surface area contributed by atoms with Gasteiger partial charge in [-0.3, -0.25) is 4.79 Å². The molecule has 0 aliphatic rings. The number of nitrogens with one attached hydrogen (secondary N) is 1. The summed E-state index contributed by atoms with van der Waals surface area (Å²) in [5, 5.41) is 8.95. The molecule has 2 heterocycles. The van der Waals surface area contributed by atoms with Crippen LogP contribution in [0.1, 0.15) is 33.0 Å². The van der Waals surface area contributed by atoms with Gasteiger partial charge < -0.3 is 5.32 Å². The van der Waals surface area contributed by atoms with Gasteiger partial charge in [0.05, 0.1) is 22.1 Å². The molecule has 1 aromatic carbocycles. The minimum Gasteiger partial charge on any atom is -0.306 e. The fraction of sp³-hybridized carbons (Fsp3) is 0.235. The Morgan fingerprint density at radius 3 is 2.79 bits per heavy atom. The van der Waals surface area contributed by atoms with Crippen molar-refractivity contribution >= 4 is 34.7 Å². The van der Waals surface area contributed by atoms with E-state index >= 15 is 0 Å². The maximum absolute atomic E-state index is 12.6. The minimum absolute atomic E-state index is 0.173. The number of hydrogen-bond acceptors (Lipinski definition) is 4. The summed E-state index contributed by atoms with van der Waals surface area (Å²) in [4.78, 5) is 17.7. The first-order valence-electron chi connectivity index (χ1n) is 7.58. The van der Waals surface area contributed by atoms with Crippen LogP contribution in [0.4, 0.5) is 5.82 Å². The summed E-state index contributed by atoms with van der Waals surface area (Å²) < 4.78 is 1.68. The first-order chi connectivity index (χ1) is 11.5. The highest BCUT2D eigenvalue weighted by molar-refractivity contribution is 7.13. The number of amides is 1. The molecule has 0 saturated carbocycles. The third kappa shape index (κ3) is 3.34. The Kier molecular flexibility index (Phi) is 4.69. The Morgan fingerprint density at radius 1 is 1.33 bits per heavy atom. The van der Waals surface area contributed by atoms with Crippen LogP contribution >= 0.6 is 22.9 Å². The molecule has 3 rings (SSSR count). The van der Waals surface area contributed by atoms with E-state index in [0.29, 0.717) is 15.7 Å². The SMILES string of the molecule is CCc1nc(C)c(C(=O)Nc2cc(C)nn2-c2cccc(Cl)c2)s1. The summed E-state index contributed by atoms with van der Waals surface area (Å²) in [5.74, 6) is 0.429. The minimum atomic E-state index is -0.173. The highest BCUT2D eigenvalue weighted by atomic mass is 35.5. The Morgan fingerprint density at radius 2 is 2.12 bits per heavy atom. The third-order valence-corrected chi connectivity index (χ3v) is 5.01. The fourth-order valence-electron chi connectivity index (χ4n) is 2.38. The van der Waals surface area contributed by atoms with Crippen LogP contribution in [0.2, 0.25) is 5.02 Å². The van der Waals surface area contributed by atoms with Gasteiger partial charge >= 0.3 is 0 Å². The number of thiazole rings is 1. The molecule has 0 radical (unpaired) electrons. The summed E-state index contributed by atoms with van der Waals surface area (Å²) in [6.45, 7) is 5.76. The van der Waals surface area contributed by atoms with E-state index in [2.05, 4.69) is 15.4 Å². The van der Waals surface area contributed by atoms with Crippen LogP contribution in [0.3, 0.4) is 0 Å². The third-order valence-electron chi connectivity index (χ3n) is 3.48. The van der Waals surface area contributed by atoms with Crippen LogP contribution in [0.5, 0.6) is 0 Å². The number of halogens is 1. The maximum atomic E-state index is 12.6. The topological polar surface area (TPSA) is 59.8 Å². The number of aromatic nitrogens is 3. The summed E-state index contributed by atoms with van der Waals surface area (Å²) in [7, 11) is 0. The lowest BCUT2D eigenvalue weighted by Crippen LogP contribution is -2.15. The van der Waals surface area contributed by atoms with E-state index in [1.165, 1.54) is 11.3 Å². The van der Waals surface area contributed by atoms with Gasteiger partial charge in [-0.25, -0.2) is 9.67 Å². The molecule has 124 valence electrons. The average molecular weight is 361 g/mol. The number of benzene rings is 1. The van der Waals surface area contributed by atoms with Crippen LogP contribution < -0.4 is 5.32 Å². The van der Waals surface area contributed by atoms with Gasteiger partial charge in [-0.05, 0) is 38.5 Å². The smallest absolute Gasteiger partial charge is 0.268 e. The molecular formula is C17H17ClN4OS. The standard InChI is InChI=1S/C17H17ClN4OS/c1-4-15-19-11(3)16(24-15)17(23)20-14-8-10(2)21-22(14)13-7-5-6-12(18)9-13/h5-9H,4H2,1-3H3,(H,20,23). The molecule has 1 amide bonds. The zero-order valence-electron chi connectivity index (χ0n) is 13.6. The summed E-state index contributed by atoms with van der Waals surface area (Å²) in [5.41, 5.74) is 2.35. The molecule has 0 bridgehead atoms. The van der Waals surface area contributed by atoms with Gasteiger partial charge in [0.25, 0.3) is 5.91 Å². The molecule has 0 unspecified atom stereocenters. The predicted molar refractivity (Wildman–Crippen MR) is 97.5 cm³/mol. The van der Waals surface area contributed by atoms with Crippen LogP contribution in [0.25, 0.3) is 5.69 Å². The maximum Gasteiger partial charge on any atom is 0.268 e. The van der Waals surface area contributed by atoms with Gasteiger partial charge in [0.15, 0.2) is 0 Å². The first kappa shape index (κ1) is 16.7. The fourth-order valence-corrected chi connectivity index (χ4v) is 3.46. The molecular weight excluding hydrogens is 344 g/mol. The Balaban J connectivity index is 1.93. The quantitative estimate of drug-likeness (QED) is 0.749. The molecule has 7 heteroatoms. The average Bonchev–Trinajstić information content (AvgIpc) is 3.10. The van der Waals surface area contributed by atoms with E-state index in [0.717, 1.165) is 28.5 Å². The molecule has 0 aliphatic heterocycles. The second kappa shape index (κ2) is 6.75. The highest BCUT2D eigenvalue weighted by Gasteiger charge is 2.17. The molecule has 0 fully saturated rings. The van der Waals surface area contributed by atoms with Gasteiger partial charge in [-0.15, -0.1) is 11.3 Å². The second-order valence-electron chi connectivity index (χ2n) is 5.39. The lowest BCUT2D eigenvalue weighted by Gasteiger charge is -2.08. The molecule has 0 atom stereocenters. The molecule has 5 nitrogen and oxygen atoms in total. The lowest BCUT2D eigenvalue weighted by molar-refractivity contribution is 0.102. The summed E-state index contributed by atoms with van der Waals surface area (Å²) in [6, 6.07) is 9.17. The molecule has 1 N–H and O–H groups in total. The lowest BCUT2D eigenvalue weighted by atomic mass is 10.3. The van der Waals surface area contributed by atoms with E-state index in [9.17, 15) is 4.79 Å². The molecule has 3 aromatic rings. The van der Waals surface area contributed by atoms with Crippen molar-refractivity contribution < 1.29 is 4.79 Å². The van der Waals surface area contributed by atoms with E-state index in [4.69, 9.17) is 11.6 Å². The number of aryl methyl sites for hydroxylation is 3. The number of carbonyl (C=O) groups is 1. The zero-order chi connectivity index (χ0) is 17.3. The van der Waals surface area contributed by atoms with Crippen LogP contribution in [0.15, 0.2) is 30.3 Å². The Bertz CT molecular complexity index is 900. The van der Waals surface area contributed by atoms with E-state index in [1.54, 1.807) is 16.8 Å². The number of carbonyl (C=O) groups excluding carboxylic acids is 1. The second-order valence-corrected chi connectivity index (χ2v) is 6.91. The van der Waals surface area contributed by atoms with Crippen molar-refractivity contribution in [2.75, 3.05) is 5.32 Å². The predicted octanol–water partition coefficient (Wildman–Crippen LogP) is 4.41. The molecule has 0 saturated heterocycles. The van der Waals surface area contributed by atoms with Crippen LogP contribution in [-0.4, -0.2) is 20.7 Å². The zero-order valence-corrected chi connectivity index (χ0v) is 15.2. The highest BCUT2D eigenvalue weighted by Crippen LogP contribution is 2.23. The number of rotatable bonds is 4. The number of anilines is 1. The van der Waals surface area contributed by atoms with Gasteiger partial charge in [0.2, 0.25) is 0 Å². The monoisotopic (exact) mass is 360 g/mol. The Hall–Kier alpha value is -2.18. The normalized spacial score (nSPS) is 10.8. The van der Waals surface area contributed by atoms with Crippen molar-refractivity contribution in [3.63, 3.8) is 0 Å². The van der Waals surface area contributed by atoms with Crippen molar-refractivity contribution in [3.8, 4) is 5.69 Å². The van der Waals surface area contributed by atoms with Crippen molar-refractivity contribution in [2.45, 2.75) is 27.2 Å². The molecule has 24 heavy (non-hydrogen) atoms. The first-order valence-corrected chi connectivity index (χ1v) is 8.77. The Labute approximate surface area is 149 Å². The number of hydrogen-bond donors (Lipinski definition) is 1. The molecule has 2 aromatic heterocycles. The van der Waals surface area contributed by atoms with E-state index in [1.807, 2.05) is 39.0 Å².